The predicted octanol–water partition coefficient (Wildman–Crippen LogP) is 4.52. The molecule has 8 rings (SSSR count). The van der Waals surface area contributed by atoms with E-state index in [9.17, 15) is 49.6 Å². The van der Waals surface area contributed by atoms with E-state index in [1.165, 1.54) is 116 Å². The van der Waals surface area contributed by atoms with E-state index in [1.807, 2.05) is 13.0 Å². The number of nitrogens with zero attached hydrogens (tertiary/aromatic N) is 4. The molecular weight excluding hydrogens is 1010 g/mol. The van der Waals surface area contributed by atoms with Crippen LogP contribution in [0.1, 0.15) is 74.7 Å². The van der Waals surface area contributed by atoms with Gasteiger partial charge in [-0.25, -0.2) is 18.7 Å². The summed E-state index contributed by atoms with van der Waals surface area (Å²) in [5, 5.41) is 8.24. The number of methoxy groups -OCH3 is 2. The fourth-order valence-corrected chi connectivity index (χ4v) is 9.45. The van der Waals surface area contributed by atoms with Crippen LogP contribution < -0.4 is 35.4 Å². The molecule has 3 N–H and O–H groups in total. The summed E-state index contributed by atoms with van der Waals surface area (Å²) in [4.78, 5) is 74.3. The van der Waals surface area contributed by atoms with E-state index in [4.69, 9.17) is 17.8 Å². The summed E-state index contributed by atoms with van der Waals surface area (Å²) in [6.45, 7) is 2.24. The Bertz CT molecular complexity index is 3420. The molecule has 0 unspecified atom stereocenters. The highest BCUT2D eigenvalue weighted by molar-refractivity contribution is 7.87. The molecule has 2 aliphatic heterocycles. The molecule has 2 aliphatic rings. The molecule has 388 valence electrons. The van der Waals surface area contributed by atoms with Gasteiger partial charge in [0.2, 0.25) is 11.5 Å². The summed E-state index contributed by atoms with van der Waals surface area (Å²) in [6.07, 6.45) is 1.68. The van der Waals surface area contributed by atoms with Gasteiger partial charge in [0.15, 0.2) is 28.8 Å². The molecule has 2 atom stereocenters. The van der Waals surface area contributed by atoms with E-state index in [2.05, 4.69) is 25.9 Å². The third kappa shape index (κ3) is 12.8. The lowest BCUT2D eigenvalue weighted by Crippen LogP contribution is -2.36. The maximum Gasteiger partial charge on any atom is 0.339 e. The van der Waals surface area contributed by atoms with Crippen LogP contribution in [0, 0.1) is 11.6 Å². The van der Waals surface area contributed by atoms with Gasteiger partial charge in [-0.05, 0) is 79.4 Å². The Morgan fingerprint density at radius 3 is 1.51 bits per heavy atom. The van der Waals surface area contributed by atoms with Crippen molar-refractivity contribution in [2.75, 3.05) is 20.8 Å². The lowest BCUT2D eigenvalue weighted by Gasteiger charge is -2.19. The van der Waals surface area contributed by atoms with Crippen LogP contribution in [0.2, 0.25) is 0 Å². The number of benzene rings is 4. The quantitative estimate of drug-likeness (QED) is 0.113. The van der Waals surface area contributed by atoms with Crippen molar-refractivity contribution in [1.29, 1.82) is 0 Å². The molecular formula is C50H49F2N7O13S2. The van der Waals surface area contributed by atoms with Crippen molar-refractivity contribution in [3.8, 4) is 11.5 Å². The molecule has 20 nitrogen and oxygen atoms in total. The van der Waals surface area contributed by atoms with Crippen molar-refractivity contribution >= 4 is 43.5 Å². The van der Waals surface area contributed by atoms with Crippen LogP contribution in [0.25, 0.3) is 5.70 Å². The third-order valence-corrected chi connectivity index (χ3v) is 13.9. The first-order valence-corrected chi connectivity index (χ1v) is 25.6. The van der Waals surface area contributed by atoms with Crippen LogP contribution >= 0.6 is 0 Å². The molecule has 0 radical (unpaired) electrons. The number of hydrogen-bond acceptors (Lipinski definition) is 16. The Morgan fingerprint density at radius 2 is 1.07 bits per heavy atom. The summed E-state index contributed by atoms with van der Waals surface area (Å²) < 4.78 is 102. The lowest BCUT2D eigenvalue weighted by atomic mass is 10.1. The number of ketones is 1. The largest absolute Gasteiger partial charge is 0.383 e. The van der Waals surface area contributed by atoms with Gasteiger partial charge in [0, 0.05) is 40.3 Å². The number of ether oxygens (including phenoxy) is 2. The van der Waals surface area contributed by atoms with Crippen LogP contribution in [0.5, 0.6) is 11.5 Å². The van der Waals surface area contributed by atoms with Crippen molar-refractivity contribution in [2.45, 2.75) is 74.4 Å². The zero-order valence-electron chi connectivity index (χ0n) is 39.9. The smallest absolute Gasteiger partial charge is 0.339 e. The van der Waals surface area contributed by atoms with E-state index in [0.717, 1.165) is 4.57 Å². The molecule has 4 heterocycles. The van der Waals surface area contributed by atoms with Gasteiger partial charge in [-0.1, -0.05) is 66.7 Å². The fraction of sp³-hybridized carbons (Fsp3) is 0.260. The zero-order chi connectivity index (χ0) is 53.2. The first-order chi connectivity index (χ1) is 35.4. The average Bonchev–Trinajstić information content (AvgIpc) is 3.68. The first-order valence-electron chi connectivity index (χ1n) is 22.8. The number of halogens is 2. The molecule has 0 saturated carbocycles. The zero-order valence-corrected chi connectivity index (χ0v) is 41.6. The Morgan fingerprint density at radius 1 is 0.635 bits per heavy atom. The second kappa shape index (κ2) is 23.7. The molecule has 0 bridgehead atoms. The molecule has 4 aromatic carbocycles. The minimum atomic E-state index is -4.52. The SMILES string of the molecule is CCNC1=CC[C@H](OC)Cn2c1nc(C(=O)NCc1ccc(F)cc1)c(OS(=O)(=O)c1ccccc1)c2=O.CO[C@H]1CCC(=O)c2nc(C(=O)NCc3ccc(F)cc3)c(OS(=O)(=O)c3ccccc3)c(=O)n2C1. The van der Waals surface area contributed by atoms with Crippen molar-refractivity contribution in [3.63, 3.8) is 0 Å². The van der Waals surface area contributed by atoms with E-state index < -0.39 is 95.7 Å². The van der Waals surface area contributed by atoms with Gasteiger partial charge >= 0.3 is 20.2 Å². The van der Waals surface area contributed by atoms with Gasteiger partial charge in [-0.3, -0.25) is 33.1 Å². The number of Topliss-reactive ketones (excluding diaryl/α,β-unsaturated/α-hetero) is 1. The number of fused-ring (bicyclic) bond motifs is 2. The van der Waals surface area contributed by atoms with Crippen LogP contribution in [0.4, 0.5) is 8.78 Å². The van der Waals surface area contributed by atoms with Gasteiger partial charge in [-0.15, -0.1) is 0 Å². The number of aromatic nitrogens is 4. The average molecular weight is 1060 g/mol. The highest BCUT2D eigenvalue weighted by Crippen LogP contribution is 2.26. The van der Waals surface area contributed by atoms with Crippen LogP contribution in [-0.2, 0) is 55.9 Å². The minimum absolute atomic E-state index is 0.0180. The standard InChI is InChI=1S/C26H27FN4O6S.C24H22FN3O7S/c1-3-28-21-14-13-19(36-2)16-31-24(21)30-22(25(32)29-15-17-9-11-18(27)12-10-17)23(26(31)33)37-38(34,35)20-7-5-4-6-8-20;1-34-17-11-12-19(29)22-27-20(23(30)26-13-15-7-9-16(25)10-8-15)21(24(31)28(22)14-17)35-36(32,33)18-5-3-2-4-6-18/h4-12,14,19,28H,3,13,15-16H2,1-2H3,(H,29,32);2-10,17H,11-14H2,1H3,(H,26,30)/t19-;17-/m00/s1. The highest BCUT2D eigenvalue weighted by Gasteiger charge is 2.34. The molecule has 6 aromatic rings. The predicted molar refractivity (Wildman–Crippen MR) is 262 cm³/mol. The van der Waals surface area contributed by atoms with Crippen LogP contribution in [0.15, 0.2) is 135 Å². The number of carbonyl (C=O) groups excluding carboxylic acids is 3. The highest BCUT2D eigenvalue weighted by atomic mass is 32.2. The maximum absolute atomic E-state index is 13.7. The van der Waals surface area contributed by atoms with Gasteiger partial charge in [-0.2, -0.15) is 16.8 Å². The second-order valence-corrected chi connectivity index (χ2v) is 19.5. The number of amides is 2. The van der Waals surface area contributed by atoms with E-state index in [0.29, 0.717) is 36.2 Å². The summed E-state index contributed by atoms with van der Waals surface area (Å²) in [5.41, 5.74) is -1.40. The molecule has 2 amide bonds. The number of hydrogen-bond donors (Lipinski definition) is 3. The second-order valence-electron chi connectivity index (χ2n) is 16.4. The van der Waals surface area contributed by atoms with Gasteiger partial charge in [0.25, 0.3) is 22.9 Å². The third-order valence-electron chi connectivity index (χ3n) is 11.4. The van der Waals surface area contributed by atoms with Crippen molar-refractivity contribution in [2.24, 2.45) is 0 Å². The summed E-state index contributed by atoms with van der Waals surface area (Å²) in [5.74, 6) is -4.90. The molecule has 74 heavy (non-hydrogen) atoms. The van der Waals surface area contributed by atoms with Crippen molar-refractivity contribution in [1.82, 2.24) is 35.1 Å². The van der Waals surface area contributed by atoms with Crippen LogP contribution in [-0.4, -0.2) is 86.5 Å². The number of rotatable bonds is 16. The molecule has 0 spiro atoms. The maximum atomic E-state index is 13.7. The van der Waals surface area contributed by atoms with Crippen molar-refractivity contribution in [3.05, 3.63) is 182 Å². The van der Waals surface area contributed by atoms with Gasteiger partial charge in [0.1, 0.15) is 21.4 Å². The summed E-state index contributed by atoms with van der Waals surface area (Å²) >= 11 is 0. The Balaban J connectivity index is 0.000000217. The lowest BCUT2D eigenvalue weighted by molar-refractivity contribution is 0.0783. The van der Waals surface area contributed by atoms with Crippen molar-refractivity contribution < 1.29 is 57.8 Å². The normalized spacial score (nSPS) is 15.4. The Hall–Kier alpha value is -7.93. The van der Waals surface area contributed by atoms with E-state index in [-0.39, 0.29) is 54.0 Å². The Kier molecular flexibility index (Phi) is 17.3. The summed E-state index contributed by atoms with van der Waals surface area (Å²) in [7, 11) is -6.07. The molecule has 0 aliphatic carbocycles. The molecule has 0 saturated heterocycles. The topological polar surface area (TPSA) is 262 Å². The van der Waals surface area contributed by atoms with Gasteiger partial charge in [0.05, 0.1) is 31.0 Å². The van der Waals surface area contributed by atoms with E-state index >= 15 is 0 Å². The van der Waals surface area contributed by atoms with Crippen LogP contribution in [0.3, 0.4) is 0 Å². The minimum Gasteiger partial charge on any atom is -0.383 e. The molecule has 2 aromatic heterocycles. The molecule has 0 fully saturated rings. The Labute approximate surface area is 423 Å². The monoisotopic (exact) mass is 1060 g/mol. The molecule has 24 heteroatoms. The van der Waals surface area contributed by atoms with E-state index in [1.54, 1.807) is 12.1 Å². The summed E-state index contributed by atoms with van der Waals surface area (Å²) in [6, 6.07) is 25.1. The first kappa shape index (κ1) is 53.9. The number of nitrogens with one attached hydrogen (secondary N) is 3. The fourth-order valence-electron chi connectivity index (χ4n) is 7.54. The van der Waals surface area contributed by atoms with Gasteiger partial charge < -0.3 is 33.8 Å². The number of carbonyl (C=O) groups is 3.